The van der Waals surface area contributed by atoms with Crippen LogP contribution in [0, 0.1) is 5.41 Å². The van der Waals surface area contributed by atoms with Gasteiger partial charge in [-0.2, -0.15) is 0 Å². The van der Waals surface area contributed by atoms with Crippen LogP contribution in [0.25, 0.3) is 0 Å². The topological polar surface area (TPSA) is 108 Å². The van der Waals surface area contributed by atoms with Crippen molar-refractivity contribution in [2.45, 2.75) is 33.3 Å². The summed E-state index contributed by atoms with van der Waals surface area (Å²) in [6.07, 6.45) is -1.01. The number of ether oxygens (including phenoxy) is 1. The third-order valence-electron chi connectivity index (χ3n) is 2.82. The average molecular weight is 290 g/mol. The molecular weight excluding hydrogens is 264 g/mol. The van der Waals surface area contributed by atoms with E-state index in [0.29, 0.717) is 13.2 Å². The number of aliphatic hydroxyl groups excluding tert-OH is 2. The summed E-state index contributed by atoms with van der Waals surface area (Å²) in [5.41, 5.74) is -0.898. The molecule has 0 aliphatic heterocycles. The van der Waals surface area contributed by atoms with Crippen LogP contribution in [0.3, 0.4) is 0 Å². The number of carbonyl (C=O) groups excluding carboxylic acids is 2. The fraction of sp³-hybridized carbons (Fsp3) is 0.846. The van der Waals surface area contributed by atoms with Gasteiger partial charge in [0, 0.05) is 31.5 Å². The molecule has 0 rings (SSSR count). The lowest BCUT2D eigenvalue weighted by atomic mass is 9.87. The van der Waals surface area contributed by atoms with Crippen LogP contribution in [0.1, 0.15) is 27.2 Å². The lowest BCUT2D eigenvalue weighted by Crippen LogP contribution is -2.47. The zero-order valence-corrected chi connectivity index (χ0v) is 12.4. The summed E-state index contributed by atoms with van der Waals surface area (Å²) in [5.74, 6) is -0.712. The van der Waals surface area contributed by atoms with Crippen molar-refractivity contribution in [2.75, 3.05) is 32.9 Å². The van der Waals surface area contributed by atoms with E-state index in [1.54, 1.807) is 13.8 Å². The number of nitrogens with one attached hydrogen (secondary N) is 2. The highest BCUT2D eigenvalue weighted by Crippen LogP contribution is 2.19. The third kappa shape index (κ3) is 7.42. The summed E-state index contributed by atoms with van der Waals surface area (Å²) in [7, 11) is 0. The lowest BCUT2D eigenvalue weighted by molar-refractivity contribution is -0.137. The Kier molecular flexibility index (Phi) is 9.11. The van der Waals surface area contributed by atoms with E-state index in [9.17, 15) is 14.7 Å². The number of hydrogen-bond donors (Lipinski definition) is 4. The van der Waals surface area contributed by atoms with E-state index in [-0.39, 0.29) is 32.0 Å². The summed E-state index contributed by atoms with van der Waals surface area (Å²) in [4.78, 5) is 22.9. The molecule has 4 N–H and O–H groups in total. The van der Waals surface area contributed by atoms with Crippen LogP contribution in [0.2, 0.25) is 0 Å². The van der Waals surface area contributed by atoms with Gasteiger partial charge in [0.25, 0.3) is 0 Å². The summed E-state index contributed by atoms with van der Waals surface area (Å²) in [6, 6.07) is 0. The maximum Gasteiger partial charge on any atom is 0.249 e. The first-order chi connectivity index (χ1) is 9.35. The van der Waals surface area contributed by atoms with Crippen LogP contribution in [0.4, 0.5) is 0 Å². The second-order valence-electron chi connectivity index (χ2n) is 5.14. The average Bonchev–Trinajstić information content (AvgIpc) is 2.42. The van der Waals surface area contributed by atoms with Crippen molar-refractivity contribution in [1.29, 1.82) is 0 Å². The number of aliphatic hydroxyl groups is 2. The van der Waals surface area contributed by atoms with Crippen molar-refractivity contribution < 1.29 is 24.5 Å². The second-order valence-corrected chi connectivity index (χ2v) is 5.14. The van der Waals surface area contributed by atoms with E-state index < -0.39 is 17.4 Å². The van der Waals surface area contributed by atoms with Crippen LogP contribution >= 0.6 is 0 Å². The lowest BCUT2D eigenvalue weighted by Gasteiger charge is -2.27. The van der Waals surface area contributed by atoms with Crippen molar-refractivity contribution in [2.24, 2.45) is 5.41 Å². The predicted molar refractivity (Wildman–Crippen MR) is 74.0 cm³/mol. The normalized spacial score (nSPS) is 12.8. The van der Waals surface area contributed by atoms with Crippen molar-refractivity contribution in [1.82, 2.24) is 10.6 Å². The maximum absolute atomic E-state index is 11.6. The van der Waals surface area contributed by atoms with Crippen LogP contribution in [-0.2, 0) is 14.3 Å². The van der Waals surface area contributed by atoms with Gasteiger partial charge in [-0.05, 0) is 6.92 Å². The van der Waals surface area contributed by atoms with Crippen molar-refractivity contribution >= 4 is 11.8 Å². The molecule has 0 radical (unpaired) electrons. The molecule has 0 bridgehead atoms. The van der Waals surface area contributed by atoms with Crippen molar-refractivity contribution in [3.05, 3.63) is 0 Å². The van der Waals surface area contributed by atoms with E-state index in [1.165, 1.54) is 0 Å². The highest BCUT2D eigenvalue weighted by Gasteiger charge is 2.32. The smallest absolute Gasteiger partial charge is 0.249 e. The number of rotatable bonds is 10. The molecule has 0 saturated heterocycles. The van der Waals surface area contributed by atoms with E-state index in [4.69, 9.17) is 9.84 Å². The molecule has 1 atom stereocenters. The fourth-order valence-corrected chi connectivity index (χ4v) is 1.32. The highest BCUT2D eigenvalue weighted by molar-refractivity contribution is 5.81. The summed E-state index contributed by atoms with van der Waals surface area (Å²) >= 11 is 0. The zero-order valence-electron chi connectivity index (χ0n) is 12.4. The van der Waals surface area contributed by atoms with Gasteiger partial charge < -0.3 is 25.6 Å². The number of carbonyl (C=O) groups is 2. The van der Waals surface area contributed by atoms with Gasteiger partial charge in [0.05, 0.1) is 13.2 Å². The fourth-order valence-electron chi connectivity index (χ4n) is 1.32. The van der Waals surface area contributed by atoms with Gasteiger partial charge in [-0.25, -0.2) is 0 Å². The van der Waals surface area contributed by atoms with E-state index >= 15 is 0 Å². The SMILES string of the molecule is CCOCCC(=O)NCCNC(=O)[C@H](O)C(C)(C)CO. The molecular formula is C13H26N2O5. The zero-order chi connectivity index (χ0) is 15.6. The van der Waals surface area contributed by atoms with Crippen molar-refractivity contribution in [3.8, 4) is 0 Å². The minimum absolute atomic E-state index is 0.149. The first-order valence-corrected chi connectivity index (χ1v) is 6.76. The molecule has 0 heterocycles. The van der Waals surface area contributed by atoms with Gasteiger partial charge in [-0.3, -0.25) is 9.59 Å². The molecule has 0 unspecified atom stereocenters. The first-order valence-electron chi connectivity index (χ1n) is 6.76. The predicted octanol–water partition coefficient (Wildman–Crippen LogP) is -0.975. The Morgan fingerprint density at radius 3 is 2.40 bits per heavy atom. The molecule has 0 fully saturated rings. The minimum atomic E-state index is -1.29. The van der Waals surface area contributed by atoms with E-state index in [2.05, 4.69) is 10.6 Å². The molecule has 0 saturated carbocycles. The van der Waals surface area contributed by atoms with Gasteiger partial charge in [0.1, 0.15) is 6.10 Å². The van der Waals surface area contributed by atoms with Crippen molar-refractivity contribution in [3.63, 3.8) is 0 Å². The molecule has 7 heteroatoms. The van der Waals surface area contributed by atoms with Crippen LogP contribution in [0.5, 0.6) is 0 Å². The van der Waals surface area contributed by atoms with Crippen LogP contribution in [-0.4, -0.2) is 61.0 Å². The second kappa shape index (κ2) is 9.68. The Labute approximate surface area is 119 Å². The molecule has 0 aromatic rings. The van der Waals surface area contributed by atoms with E-state index in [1.807, 2.05) is 6.92 Å². The molecule has 7 nitrogen and oxygen atoms in total. The first kappa shape index (κ1) is 18.8. The highest BCUT2D eigenvalue weighted by atomic mass is 16.5. The Morgan fingerprint density at radius 2 is 1.85 bits per heavy atom. The van der Waals surface area contributed by atoms with E-state index in [0.717, 1.165) is 0 Å². The molecule has 0 aromatic carbocycles. The van der Waals surface area contributed by atoms with Crippen LogP contribution < -0.4 is 10.6 Å². The number of hydrogen-bond acceptors (Lipinski definition) is 5. The molecule has 0 aromatic heterocycles. The van der Waals surface area contributed by atoms with Gasteiger partial charge in [-0.15, -0.1) is 0 Å². The molecule has 118 valence electrons. The Morgan fingerprint density at radius 1 is 1.25 bits per heavy atom. The minimum Gasteiger partial charge on any atom is -0.396 e. The van der Waals surface area contributed by atoms with Gasteiger partial charge in [0.15, 0.2) is 0 Å². The number of amides is 2. The van der Waals surface area contributed by atoms with Gasteiger partial charge in [0.2, 0.25) is 11.8 Å². The Balaban J connectivity index is 3.79. The monoisotopic (exact) mass is 290 g/mol. The van der Waals surface area contributed by atoms with Gasteiger partial charge >= 0.3 is 0 Å². The maximum atomic E-state index is 11.6. The Bertz CT molecular complexity index is 307. The molecule has 0 aliphatic carbocycles. The molecule has 0 aliphatic rings. The largest absolute Gasteiger partial charge is 0.396 e. The molecule has 2 amide bonds. The summed E-state index contributed by atoms with van der Waals surface area (Å²) < 4.78 is 5.04. The van der Waals surface area contributed by atoms with Crippen LogP contribution in [0.15, 0.2) is 0 Å². The summed E-state index contributed by atoms with van der Waals surface area (Å²) in [6.45, 7) is 6.18. The molecule has 20 heavy (non-hydrogen) atoms. The third-order valence-corrected chi connectivity index (χ3v) is 2.82. The van der Waals surface area contributed by atoms with Gasteiger partial charge in [-0.1, -0.05) is 13.8 Å². The Hall–Kier alpha value is -1.18. The quantitative estimate of drug-likeness (QED) is 0.387. The molecule has 0 spiro atoms. The summed E-state index contributed by atoms with van der Waals surface area (Å²) in [5, 5.41) is 23.9. The standard InChI is InChI=1S/C13H26N2O5/c1-4-20-8-5-10(17)14-6-7-15-12(19)11(18)13(2,3)9-16/h11,16,18H,4-9H2,1-3H3,(H,14,17)(H,15,19)/t11-/m0/s1.